The Kier molecular flexibility index (Phi) is 4.87. The number of carbonyl (C=O) groups is 3. The van der Waals surface area contributed by atoms with Gasteiger partial charge in [0.25, 0.3) is 17.7 Å². The Bertz CT molecular complexity index is 1190. The molecule has 1 saturated heterocycles. The van der Waals surface area contributed by atoms with Crippen LogP contribution in [0.2, 0.25) is 0 Å². The molecule has 5 rings (SSSR count). The van der Waals surface area contributed by atoms with Gasteiger partial charge in [-0.3, -0.25) is 19.3 Å². The fraction of sp³-hybridized carbons (Fsp3) is 0.192. The van der Waals surface area contributed by atoms with Gasteiger partial charge < -0.3 is 10.0 Å². The fourth-order valence-corrected chi connectivity index (χ4v) is 4.64. The largest absolute Gasteiger partial charge is 0.369 e. The van der Waals surface area contributed by atoms with Gasteiger partial charge in [0.05, 0.1) is 17.7 Å². The number of nitrogens with zero attached hydrogens (tertiary/aromatic N) is 2. The van der Waals surface area contributed by atoms with Gasteiger partial charge in [0, 0.05) is 12.1 Å². The molecule has 1 fully saturated rings. The van der Waals surface area contributed by atoms with E-state index in [0.717, 1.165) is 16.0 Å². The number of hydrogen-bond donors (Lipinski definition) is 1. The van der Waals surface area contributed by atoms with Crippen LogP contribution in [-0.4, -0.2) is 51.4 Å². The van der Waals surface area contributed by atoms with E-state index in [1.54, 1.807) is 36.4 Å². The number of amides is 3. The normalized spacial score (nSPS) is 20.0. The predicted octanol–water partition coefficient (Wildman–Crippen LogP) is 3.57. The summed E-state index contributed by atoms with van der Waals surface area (Å²) >= 11 is 0. The molecule has 0 aromatic heterocycles. The number of hydrogen-bond acceptors (Lipinski definition) is 4. The molecule has 1 N–H and O–H groups in total. The first-order valence-electron chi connectivity index (χ1n) is 10.6. The van der Waals surface area contributed by atoms with Crippen LogP contribution in [0.5, 0.6) is 0 Å². The smallest absolute Gasteiger partial charge is 0.261 e. The number of imide groups is 1. The summed E-state index contributed by atoms with van der Waals surface area (Å²) in [6.07, 6.45) is 0.874. The van der Waals surface area contributed by atoms with E-state index in [1.165, 1.54) is 4.90 Å². The van der Waals surface area contributed by atoms with Crippen molar-refractivity contribution in [3.05, 3.63) is 95.6 Å². The van der Waals surface area contributed by atoms with E-state index < -0.39 is 17.5 Å². The van der Waals surface area contributed by atoms with Crippen LogP contribution in [0, 0.1) is 0 Å². The zero-order chi connectivity index (χ0) is 22.3. The molecule has 0 radical (unpaired) electrons. The highest BCUT2D eigenvalue weighted by molar-refractivity contribution is 6.21. The van der Waals surface area contributed by atoms with Gasteiger partial charge in [0.15, 0.2) is 5.72 Å². The SMILES string of the molecule is O=C1c2ccccc2C(=O)N1C[C@]1(O)CCCN1C(=O)c1ccccc1-c1ccccc1. The molecule has 2 aliphatic rings. The lowest BCUT2D eigenvalue weighted by atomic mass is 9.98. The number of benzene rings is 3. The Balaban J connectivity index is 1.45. The molecule has 6 nitrogen and oxygen atoms in total. The summed E-state index contributed by atoms with van der Waals surface area (Å²) < 4.78 is 0. The second kappa shape index (κ2) is 7.73. The minimum Gasteiger partial charge on any atom is -0.369 e. The van der Waals surface area contributed by atoms with E-state index in [9.17, 15) is 19.5 Å². The maximum atomic E-state index is 13.6. The molecule has 0 aliphatic carbocycles. The van der Waals surface area contributed by atoms with Gasteiger partial charge in [-0.15, -0.1) is 0 Å². The summed E-state index contributed by atoms with van der Waals surface area (Å²) in [6.45, 7) is 0.0974. The third kappa shape index (κ3) is 3.20. The van der Waals surface area contributed by atoms with Gasteiger partial charge >= 0.3 is 0 Å². The van der Waals surface area contributed by atoms with E-state index in [4.69, 9.17) is 0 Å². The number of β-amino-alcohol motifs (C(OH)–C–C–N with tert-alkyl or cyclic N) is 1. The fourth-order valence-electron chi connectivity index (χ4n) is 4.64. The van der Waals surface area contributed by atoms with Crippen LogP contribution >= 0.6 is 0 Å². The Hall–Kier alpha value is -3.77. The summed E-state index contributed by atoms with van der Waals surface area (Å²) in [7, 11) is 0. The van der Waals surface area contributed by atoms with Gasteiger partial charge in [0.1, 0.15) is 0 Å². The molecular formula is C26H22N2O4. The molecule has 3 aromatic rings. The van der Waals surface area contributed by atoms with Crippen molar-refractivity contribution in [2.75, 3.05) is 13.1 Å². The molecule has 3 aromatic carbocycles. The lowest BCUT2D eigenvalue weighted by Gasteiger charge is -2.36. The molecule has 2 aliphatic heterocycles. The first kappa shape index (κ1) is 20.2. The Morgan fingerprint density at radius 1 is 0.812 bits per heavy atom. The van der Waals surface area contributed by atoms with Gasteiger partial charge in [-0.2, -0.15) is 0 Å². The van der Waals surface area contributed by atoms with Crippen molar-refractivity contribution in [1.82, 2.24) is 9.80 Å². The molecule has 32 heavy (non-hydrogen) atoms. The van der Waals surface area contributed by atoms with Crippen molar-refractivity contribution < 1.29 is 19.5 Å². The van der Waals surface area contributed by atoms with Crippen molar-refractivity contribution in [2.45, 2.75) is 18.6 Å². The molecular weight excluding hydrogens is 404 g/mol. The monoisotopic (exact) mass is 426 g/mol. The zero-order valence-corrected chi connectivity index (χ0v) is 17.4. The van der Waals surface area contributed by atoms with Crippen LogP contribution in [0.1, 0.15) is 43.9 Å². The molecule has 0 bridgehead atoms. The van der Waals surface area contributed by atoms with Crippen molar-refractivity contribution in [3.63, 3.8) is 0 Å². The summed E-state index contributed by atoms with van der Waals surface area (Å²) in [5, 5.41) is 11.5. The predicted molar refractivity (Wildman–Crippen MR) is 119 cm³/mol. The Morgan fingerprint density at radius 2 is 1.38 bits per heavy atom. The molecule has 1 atom stereocenters. The Labute approximate surface area is 185 Å². The number of rotatable bonds is 4. The van der Waals surface area contributed by atoms with Crippen LogP contribution < -0.4 is 0 Å². The van der Waals surface area contributed by atoms with Gasteiger partial charge in [-0.25, -0.2) is 0 Å². The van der Waals surface area contributed by atoms with Crippen LogP contribution in [0.4, 0.5) is 0 Å². The van der Waals surface area contributed by atoms with Crippen molar-refractivity contribution in [1.29, 1.82) is 0 Å². The van der Waals surface area contributed by atoms with Crippen LogP contribution in [0.3, 0.4) is 0 Å². The van der Waals surface area contributed by atoms with Gasteiger partial charge in [0.2, 0.25) is 0 Å². The number of fused-ring (bicyclic) bond motifs is 1. The minimum absolute atomic E-state index is 0.251. The topological polar surface area (TPSA) is 77.9 Å². The molecule has 160 valence electrons. The number of carbonyl (C=O) groups excluding carboxylic acids is 3. The number of aliphatic hydroxyl groups is 1. The standard InChI is InChI=1S/C26H22N2O4/c29-23-21-13-6-7-14-22(21)24(30)27(23)17-26(32)15-8-16-28(26)25(31)20-12-5-4-11-19(20)18-9-2-1-3-10-18/h1-7,9-14,32H,8,15-17H2/t26-/m1/s1. The van der Waals surface area contributed by atoms with Crippen molar-refractivity contribution >= 4 is 17.7 Å². The van der Waals surface area contributed by atoms with Crippen LogP contribution in [0.15, 0.2) is 78.9 Å². The molecule has 0 saturated carbocycles. The second-order valence-electron chi connectivity index (χ2n) is 8.20. The van der Waals surface area contributed by atoms with Crippen molar-refractivity contribution in [3.8, 4) is 11.1 Å². The van der Waals surface area contributed by atoms with E-state index in [2.05, 4.69) is 0 Å². The van der Waals surface area contributed by atoms with E-state index in [-0.39, 0.29) is 12.5 Å². The average Bonchev–Trinajstić information content (AvgIpc) is 3.33. The van der Waals surface area contributed by atoms with Crippen molar-refractivity contribution in [2.24, 2.45) is 0 Å². The van der Waals surface area contributed by atoms with Gasteiger partial charge in [-0.05, 0) is 42.2 Å². The maximum Gasteiger partial charge on any atom is 0.261 e. The van der Waals surface area contributed by atoms with E-state index >= 15 is 0 Å². The molecule has 2 heterocycles. The molecule has 3 amide bonds. The summed E-state index contributed by atoms with van der Waals surface area (Å²) in [5.74, 6) is -1.20. The van der Waals surface area contributed by atoms with Gasteiger partial charge in [-0.1, -0.05) is 60.7 Å². The van der Waals surface area contributed by atoms with E-state index in [1.807, 2.05) is 42.5 Å². The van der Waals surface area contributed by atoms with Crippen LogP contribution in [0.25, 0.3) is 11.1 Å². The zero-order valence-electron chi connectivity index (χ0n) is 17.4. The van der Waals surface area contributed by atoms with E-state index in [0.29, 0.717) is 36.1 Å². The second-order valence-corrected chi connectivity index (χ2v) is 8.20. The lowest BCUT2D eigenvalue weighted by molar-refractivity contribution is -0.0734. The summed E-state index contributed by atoms with van der Waals surface area (Å²) in [5.41, 5.74) is 1.18. The third-order valence-corrected chi connectivity index (χ3v) is 6.24. The molecule has 0 unspecified atom stereocenters. The Morgan fingerprint density at radius 3 is 2.03 bits per heavy atom. The summed E-state index contributed by atoms with van der Waals surface area (Å²) in [6, 6.07) is 23.5. The number of likely N-dealkylation sites (tertiary alicyclic amines) is 1. The van der Waals surface area contributed by atoms with Crippen LogP contribution in [-0.2, 0) is 0 Å². The highest BCUT2D eigenvalue weighted by Gasteiger charge is 2.48. The molecule has 6 heteroatoms. The first-order chi connectivity index (χ1) is 15.5. The minimum atomic E-state index is -1.62. The summed E-state index contributed by atoms with van der Waals surface area (Å²) in [4.78, 5) is 41.7. The first-order valence-corrected chi connectivity index (χ1v) is 10.6. The molecule has 0 spiro atoms. The lowest BCUT2D eigenvalue weighted by Crippen LogP contribution is -2.55. The third-order valence-electron chi connectivity index (χ3n) is 6.24. The quantitative estimate of drug-likeness (QED) is 0.647. The average molecular weight is 426 g/mol. The maximum absolute atomic E-state index is 13.6. The highest BCUT2D eigenvalue weighted by Crippen LogP contribution is 2.34. The highest BCUT2D eigenvalue weighted by atomic mass is 16.3.